The van der Waals surface area contributed by atoms with E-state index in [0.29, 0.717) is 18.8 Å². The molecule has 0 aromatic heterocycles. The maximum absolute atomic E-state index is 9.08. The lowest BCUT2D eigenvalue weighted by Crippen LogP contribution is -2.51. The van der Waals surface area contributed by atoms with Gasteiger partial charge in [0.15, 0.2) is 0 Å². The third-order valence-electron chi connectivity index (χ3n) is 5.06. The van der Waals surface area contributed by atoms with E-state index in [9.17, 15) is 0 Å². The molecule has 2 aliphatic heterocycles. The first-order chi connectivity index (χ1) is 12.8. The minimum absolute atomic E-state index is 0.0336. The molecular weight excluding hydrogens is 326 g/mol. The Balaban J connectivity index is 1.54. The van der Waals surface area contributed by atoms with Crippen LogP contribution < -0.4 is 10.1 Å². The zero-order chi connectivity index (χ0) is 17.8. The fourth-order valence-electron chi connectivity index (χ4n) is 3.78. The van der Waals surface area contributed by atoms with E-state index in [1.807, 2.05) is 36.4 Å². The summed E-state index contributed by atoms with van der Waals surface area (Å²) in [6.07, 6.45) is -0.0336. The van der Waals surface area contributed by atoms with Gasteiger partial charge in [-0.25, -0.2) is 0 Å². The predicted octanol–water partition coefficient (Wildman–Crippen LogP) is 2.48. The molecule has 2 aliphatic rings. The molecule has 0 amide bonds. The molecule has 2 heterocycles. The molecule has 1 saturated heterocycles. The number of piperazine rings is 1. The molecule has 26 heavy (non-hydrogen) atoms. The Kier molecular flexibility index (Phi) is 5.16. The summed E-state index contributed by atoms with van der Waals surface area (Å²) in [6, 6.07) is 18.2. The second kappa shape index (κ2) is 7.88. The van der Waals surface area contributed by atoms with Crippen molar-refractivity contribution in [3.63, 3.8) is 0 Å². The lowest BCUT2D eigenvalue weighted by molar-refractivity contribution is -0.0617. The van der Waals surface area contributed by atoms with E-state index >= 15 is 0 Å². The number of nitrogens with zero attached hydrogens (tertiary/aromatic N) is 2. The molecule has 2 unspecified atom stereocenters. The van der Waals surface area contributed by atoms with Gasteiger partial charge >= 0.3 is 0 Å². The van der Waals surface area contributed by atoms with Crippen molar-refractivity contribution in [2.24, 2.45) is 0 Å². The van der Waals surface area contributed by atoms with Crippen molar-refractivity contribution < 1.29 is 9.47 Å². The highest BCUT2D eigenvalue weighted by Gasteiger charge is 2.36. The van der Waals surface area contributed by atoms with E-state index in [4.69, 9.17) is 14.7 Å². The van der Waals surface area contributed by atoms with Crippen LogP contribution in [0, 0.1) is 11.3 Å². The summed E-state index contributed by atoms with van der Waals surface area (Å²) >= 11 is 0. The average Bonchev–Trinajstić information content (AvgIpc) is 2.72. The zero-order valence-electron chi connectivity index (χ0n) is 14.7. The second-order valence-corrected chi connectivity index (χ2v) is 6.74. The monoisotopic (exact) mass is 349 g/mol. The molecule has 0 radical (unpaired) electrons. The molecule has 0 spiro atoms. The summed E-state index contributed by atoms with van der Waals surface area (Å²) < 4.78 is 12.3. The Morgan fingerprint density at radius 1 is 1.15 bits per heavy atom. The normalized spacial score (nSPS) is 22.9. The van der Waals surface area contributed by atoms with Gasteiger partial charge in [-0.05, 0) is 23.8 Å². The van der Waals surface area contributed by atoms with E-state index in [0.717, 1.165) is 37.5 Å². The van der Waals surface area contributed by atoms with Crippen LogP contribution in [0.3, 0.4) is 0 Å². The Hall–Kier alpha value is -2.39. The summed E-state index contributed by atoms with van der Waals surface area (Å²) in [5.74, 6) is 0.961. The van der Waals surface area contributed by atoms with Crippen LogP contribution in [0.15, 0.2) is 48.5 Å². The number of rotatable bonds is 4. The molecule has 1 fully saturated rings. The summed E-state index contributed by atoms with van der Waals surface area (Å²) in [6.45, 7) is 5.02. The van der Waals surface area contributed by atoms with Crippen LogP contribution in [-0.4, -0.2) is 43.8 Å². The molecule has 4 rings (SSSR count). The first kappa shape index (κ1) is 17.0. The van der Waals surface area contributed by atoms with Crippen molar-refractivity contribution >= 4 is 0 Å². The molecule has 1 N–H and O–H groups in total. The fraction of sp³-hybridized carbons (Fsp3) is 0.381. The standard InChI is InChI=1S/C21H23N3O2/c22-13-16-4-3-5-17(12-16)14-25-20-15-26-19-7-2-1-6-18(19)21(20)24-10-8-23-9-11-24/h1-7,12,20-21,23H,8-11,14-15H2. The van der Waals surface area contributed by atoms with Crippen LogP contribution in [-0.2, 0) is 11.3 Å². The second-order valence-electron chi connectivity index (χ2n) is 6.74. The Bertz CT molecular complexity index is 796. The Morgan fingerprint density at radius 3 is 2.85 bits per heavy atom. The van der Waals surface area contributed by atoms with Gasteiger partial charge in [-0.15, -0.1) is 0 Å². The number of para-hydroxylation sites is 1. The molecule has 2 aromatic carbocycles. The summed E-state index contributed by atoms with van der Waals surface area (Å²) in [5, 5.41) is 12.5. The summed E-state index contributed by atoms with van der Waals surface area (Å²) in [7, 11) is 0. The molecular formula is C21H23N3O2. The highest BCUT2D eigenvalue weighted by molar-refractivity contribution is 5.39. The number of benzene rings is 2. The lowest BCUT2D eigenvalue weighted by atomic mass is 9.95. The zero-order valence-corrected chi connectivity index (χ0v) is 14.7. The highest BCUT2D eigenvalue weighted by Crippen LogP contribution is 2.37. The van der Waals surface area contributed by atoms with Gasteiger partial charge in [-0.1, -0.05) is 30.3 Å². The first-order valence-electron chi connectivity index (χ1n) is 9.12. The van der Waals surface area contributed by atoms with Gasteiger partial charge in [0.2, 0.25) is 0 Å². The fourth-order valence-corrected chi connectivity index (χ4v) is 3.78. The van der Waals surface area contributed by atoms with Gasteiger partial charge < -0.3 is 14.8 Å². The first-order valence-corrected chi connectivity index (χ1v) is 9.12. The SMILES string of the molecule is N#Cc1cccc(COC2COc3ccccc3C2N2CCNCC2)c1. The minimum atomic E-state index is -0.0336. The molecule has 134 valence electrons. The van der Waals surface area contributed by atoms with Crippen molar-refractivity contribution in [1.29, 1.82) is 5.26 Å². The molecule has 0 aliphatic carbocycles. The van der Waals surface area contributed by atoms with Crippen LogP contribution in [0.25, 0.3) is 0 Å². The molecule has 2 atom stereocenters. The van der Waals surface area contributed by atoms with Gasteiger partial charge in [0, 0.05) is 31.7 Å². The van der Waals surface area contributed by atoms with Crippen molar-refractivity contribution in [2.75, 3.05) is 32.8 Å². The third-order valence-corrected chi connectivity index (χ3v) is 5.06. The number of hydrogen-bond donors (Lipinski definition) is 1. The maximum atomic E-state index is 9.08. The van der Waals surface area contributed by atoms with Crippen LogP contribution in [0.4, 0.5) is 0 Å². The summed E-state index contributed by atoms with van der Waals surface area (Å²) in [5.41, 5.74) is 2.88. The Morgan fingerprint density at radius 2 is 2.00 bits per heavy atom. The van der Waals surface area contributed by atoms with Gasteiger partial charge in [-0.3, -0.25) is 4.90 Å². The number of ether oxygens (including phenoxy) is 2. The minimum Gasteiger partial charge on any atom is -0.490 e. The number of nitriles is 1. The van der Waals surface area contributed by atoms with Crippen molar-refractivity contribution in [3.05, 3.63) is 65.2 Å². The number of hydrogen-bond acceptors (Lipinski definition) is 5. The van der Waals surface area contributed by atoms with Crippen molar-refractivity contribution in [2.45, 2.75) is 18.8 Å². The molecule has 2 aromatic rings. The highest BCUT2D eigenvalue weighted by atomic mass is 16.5. The number of nitrogens with one attached hydrogen (secondary N) is 1. The van der Waals surface area contributed by atoms with Crippen LogP contribution >= 0.6 is 0 Å². The quantitative estimate of drug-likeness (QED) is 0.919. The van der Waals surface area contributed by atoms with E-state index in [2.05, 4.69) is 28.4 Å². The molecule has 5 heteroatoms. The van der Waals surface area contributed by atoms with Crippen molar-refractivity contribution in [3.8, 4) is 11.8 Å². The predicted molar refractivity (Wildman–Crippen MR) is 98.9 cm³/mol. The van der Waals surface area contributed by atoms with Crippen molar-refractivity contribution in [1.82, 2.24) is 10.2 Å². The smallest absolute Gasteiger partial charge is 0.124 e. The van der Waals surface area contributed by atoms with Gasteiger partial charge in [0.05, 0.1) is 24.3 Å². The molecule has 5 nitrogen and oxygen atoms in total. The van der Waals surface area contributed by atoms with Crippen LogP contribution in [0.2, 0.25) is 0 Å². The summed E-state index contributed by atoms with van der Waals surface area (Å²) in [4.78, 5) is 2.49. The average molecular weight is 349 g/mol. The maximum Gasteiger partial charge on any atom is 0.124 e. The van der Waals surface area contributed by atoms with E-state index in [-0.39, 0.29) is 12.1 Å². The van der Waals surface area contributed by atoms with Crippen LogP contribution in [0.1, 0.15) is 22.7 Å². The van der Waals surface area contributed by atoms with Gasteiger partial charge in [0.25, 0.3) is 0 Å². The third kappa shape index (κ3) is 3.58. The van der Waals surface area contributed by atoms with Crippen LogP contribution in [0.5, 0.6) is 5.75 Å². The Labute approximate surface area is 154 Å². The van der Waals surface area contributed by atoms with Gasteiger partial charge in [-0.2, -0.15) is 5.26 Å². The van der Waals surface area contributed by atoms with E-state index in [1.54, 1.807) is 0 Å². The largest absolute Gasteiger partial charge is 0.490 e. The molecule has 0 bridgehead atoms. The topological polar surface area (TPSA) is 57.5 Å². The van der Waals surface area contributed by atoms with E-state index in [1.165, 1.54) is 5.56 Å². The van der Waals surface area contributed by atoms with E-state index < -0.39 is 0 Å². The number of fused-ring (bicyclic) bond motifs is 1. The molecule has 0 saturated carbocycles. The van der Waals surface area contributed by atoms with Gasteiger partial charge in [0.1, 0.15) is 18.5 Å². The lowest BCUT2D eigenvalue weighted by Gasteiger charge is -2.42.